The summed E-state index contributed by atoms with van der Waals surface area (Å²) in [4.78, 5) is 13.7. The van der Waals surface area contributed by atoms with E-state index < -0.39 is 0 Å². The monoisotopic (exact) mass is 279 g/mol. The summed E-state index contributed by atoms with van der Waals surface area (Å²) in [6.07, 6.45) is 0. The Hall–Kier alpha value is -2.49. The van der Waals surface area contributed by atoms with Crippen LogP contribution in [0.4, 0.5) is 0 Å². The summed E-state index contributed by atoms with van der Waals surface area (Å²) in [5.74, 6) is 1.18. The normalized spacial score (nSPS) is 10.9. The first-order valence-electron chi connectivity index (χ1n) is 6.86. The second-order valence-electron chi connectivity index (χ2n) is 5.12. The van der Waals surface area contributed by atoms with E-state index in [1.807, 2.05) is 31.2 Å². The van der Waals surface area contributed by atoms with Crippen molar-refractivity contribution in [3.05, 3.63) is 47.2 Å². The largest absolute Gasteiger partial charge is 0.480 e. The SMILES string of the molecule is COc1nc(-c2cccc(C)n2)nc2c(C)c(C)ccc12. The number of ether oxygens (including phenoxy) is 1. The predicted molar refractivity (Wildman–Crippen MR) is 83.5 cm³/mol. The summed E-state index contributed by atoms with van der Waals surface area (Å²) in [6.45, 7) is 6.10. The van der Waals surface area contributed by atoms with Gasteiger partial charge < -0.3 is 4.74 Å². The van der Waals surface area contributed by atoms with Crippen molar-refractivity contribution in [3.63, 3.8) is 0 Å². The highest BCUT2D eigenvalue weighted by Crippen LogP contribution is 2.29. The van der Waals surface area contributed by atoms with Gasteiger partial charge in [-0.15, -0.1) is 0 Å². The highest BCUT2D eigenvalue weighted by atomic mass is 16.5. The maximum Gasteiger partial charge on any atom is 0.224 e. The van der Waals surface area contributed by atoms with E-state index in [0.717, 1.165) is 27.9 Å². The topological polar surface area (TPSA) is 47.9 Å². The smallest absolute Gasteiger partial charge is 0.224 e. The molecular formula is C17H17N3O. The van der Waals surface area contributed by atoms with E-state index >= 15 is 0 Å². The Morgan fingerprint density at radius 1 is 0.905 bits per heavy atom. The van der Waals surface area contributed by atoms with Crippen molar-refractivity contribution in [2.45, 2.75) is 20.8 Å². The third-order valence-electron chi connectivity index (χ3n) is 3.67. The molecule has 21 heavy (non-hydrogen) atoms. The van der Waals surface area contributed by atoms with Crippen molar-refractivity contribution in [2.75, 3.05) is 7.11 Å². The Morgan fingerprint density at radius 2 is 1.71 bits per heavy atom. The minimum atomic E-state index is 0.585. The Kier molecular flexibility index (Phi) is 3.29. The molecule has 3 aromatic rings. The molecule has 0 bridgehead atoms. The Morgan fingerprint density at radius 3 is 2.43 bits per heavy atom. The molecule has 0 aliphatic carbocycles. The summed E-state index contributed by atoms with van der Waals surface area (Å²) in [5, 5.41) is 0.928. The van der Waals surface area contributed by atoms with Crippen molar-refractivity contribution in [2.24, 2.45) is 0 Å². The van der Waals surface area contributed by atoms with Crippen LogP contribution < -0.4 is 4.74 Å². The summed E-state index contributed by atoms with van der Waals surface area (Å²) in [7, 11) is 1.63. The van der Waals surface area contributed by atoms with Crippen LogP contribution in [0.1, 0.15) is 16.8 Å². The van der Waals surface area contributed by atoms with E-state index in [4.69, 9.17) is 9.72 Å². The van der Waals surface area contributed by atoms with Crippen LogP contribution >= 0.6 is 0 Å². The highest BCUT2D eigenvalue weighted by molar-refractivity contribution is 5.88. The molecule has 0 N–H and O–H groups in total. The van der Waals surface area contributed by atoms with Gasteiger partial charge in [0, 0.05) is 5.69 Å². The van der Waals surface area contributed by atoms with Gasteiger partial charge >= 0.3 is 0 Å². The molecule has 0 atom stereocenters. The average Bonchev–Trinajstić information content (AvgIpc) is 2.50. The van der Waals surface area contributed by atoms with Crippen molar-refractivity contribution in [1.29, 1.82) is 0 Å². The molecule has 0 aliphatic rings. The Labute approximate surface area is 123 Å². The van der Waals surface area contributed by atoms with Crippen LogP contribution in [0.2, 0.25) is 0 Å². The zero-order valence-electron chi connectivity index (χ0n) is 12.6. The van der Waals surface area contributed by atoms with Crippen LogP contribution in [0.5, 0.6) is 5.88 Å². The number of hydrogen-bond donors (Lipinski definition) is 0. The first kappa shape index (κ1) is 13.5. The standard InChI is InChI=1S/C17H17N3O/c1-10-8-9-13-15(12(10)3)19-16(20-17(13)21-4)14-7-5-6-11(2)18-14/h5-9H,1-4H3. The van der Waals surface area contributed by atoms with E-state index in [2.05, 4.69) is 29.9 Å². The van der Waals surface area contributed by atoms with Gasteiger partial charge in [-0.3, -0.25) is 0 Å². The molecule has 0 radical (unpaired) electrons. The van der Waals surface area contributed by atoms with E-state index in [-0.39, 0.29) is 0 Å². The Bertz CT molecular complexity index is 828. The lowest BCUT2D eigenvalue weighted by molar-refractivity contribution is 0.403. The van der Waals surface area contributed by atoms with Gasteiger partial charge in [0.05, 0.1) is 18.0 Å². The van der Waals surface area contributed by atoms with Crippen LogP contribution in [-0.4, -0.2) is 22.1 Å². The minimum Gasteiger partial charge on any atom is -0.480 e. The van der Waals surface area contributed by atoms with E-state index in [1.54, 1.807) is 7.11 Å². The summed E-state index contributed by atoms with van der Waals surface area (Å²) in [6, 6.07) is 9.90. The second-order valence-corrected chi connectivity index (χ2v) is 5.12. The fourth-order valence-corrected chi connectivity index (χ4v) is 2.34. The van der Waals surface area contributed by atoms with E-state index in [1.165, 1.54) is 5.56 Å². The van der Waals surface area contributed by atoms with Gasteiger partial charge in [-0.2, -0.15) is 4.98 Å². The summed E-state index contributed by atoms with van der Waals surface area (Å²) < 4.78 is 5.44. The maximum absolute atomic E-state index is 5.44. The number of pyridine rings is 1. The van der Waals surface area contributed by atoms with Crippen LogP contribution in [0.25, 0.3) is 22.4 Å². The predicted octanol–water partition coefficient (Wildman–Crippen LogP) is 3.63. The van der Waals surface area contributed by atoms with Gasteiger partial charge in [-0.05, 0) is 50.1 Å². The molecule has 0 aliphatic heterocycles. The van der Waals surface area contributed by atoms with Gasteiger partial charge in [0.1, 0.15) is 5.69 Å². The van der Waals surface area contributed by atoms with E-state index in [0.29, 0.717) is 11.7 Å². The zero-order valence-corrected chi connectivity index (χ0v) is 12.6. The molecule has 106 valence electrons. The molecular weight excluding hydrogens is 262 g/mol. The van der Waals surface area contributed by atoms with Crippen LogP contribution in [0.3, 0.4) is 0 Å². The molecule has 0 spiro atoms. The maximum atomic E-state index is 5.44. The first-order valence-corrected chi connectivity index (χ1v) is 6.86. The number of nitrogens with zero attached hydrogens (tertiary/aromatic N) is 3. The molecule has 0 saturated heterocycles. The molecule has 1 aromatic carbocycles. The summed E-state index contributed by atoms with van der Waals surface area (Å²) in [5.41, 5.74) is 4.96. The molecule has 0 saturated carbocycles. The van der Waals surface area contributed by atoms with Crippen molar-refractivity contribution >= 4 is 10.9 Å². The number of hydrogen-bond acceptors (Lipinski definition) is 4. The second kappa shape index (κ2) is 5.13. The molecule has 2 aromatic heterocycles. The van der Waals surface area contributed by atoms with Crippen LogP contribution in [-0.2, 0) is 0 Å². The lowest BCUT2D eigenvalue weighted by atomic mass is 10.1. The van der Waals surface area contributed by atoms with Crippen LogP contribution in [0, 0.1) is 20.8 Å². The van der Waals surface area contributed by atoms with Gasteiger partial charge in [-0.25, -0.2) is 9.97 Å². The van der Waals surface area contributed by atoms with Crippen LogP contribution in [0.15, 0.2) is 30.3 Å². The molecule has 2 heterocycles. The van der Waals surface area contributed by atoms with E-state index in [9.17, 15) is 0 Å². The average molecular weight is 279 g/mol. The molecule has 3 rings (SSSR count). The summed E-state index contributed by atoms with van der Waals surface area (Å²) >= 11 is 0. The van der Waals surface area contributed by atoms with Gasteiger partial charge in [0.2, 0.25) is 5.88 Å². The lowest BCUT2D eigenvalue weighted by Crippen LogP contribution is -1.99. The van der Waals surface area contributed by atoms with Crippen molar-refractivity contribution in [3.8, 4) is 17.4 Å². The lowest BCUT2D eigenvalue weighted by Gasteiger charge is -2.10. The van der Waals surface area contributed by atoms with Gasteiger partial charge in [-0.1, -0.05) is 12.1 Å². The van der Waals surface area contributed by atoms with Gasteiger partial charge in [0.25, 0.3) is 0 Å². The number of benzene rings is 1. The minimum absolute atomic E-state index is 0.585. The number of rotatable bonds is 2. The highest BCUT2D eigenvalue weighted by Gasteiger charge is 2.13. The zero-order chi connectivity index (χ0) is 15.0. The molecule has 4 nitrogen and oxygen atoms in total. The molecule has 4 heteroatoms. The number of fused-ring (bicyclic) bond motifs is 1. The molecule has 0 fully saturated rings. The van der Waals surface area contributed by atoms with Crippen molar-refractivity contribution < 1.29 is 4.74 Å². The fraction of sp³-hybridized carbons (Fsp3) is 0.235. The first-order chi connectivity index (χ1) is 10.1. The Balaban J connectivity index is 2.32. The molecule has 0 unspecified atom stereocenters. The van der Waals surface area contributed by atoms with Gasteiger partial charge in [0.15, 0.2) is 5.82 Å². The van der Waals surface area contributed by atoms with Crippen molar-refractivity contribution in [1.82, 2.24) is 15.0 Å². The fourth-order valence-electron chi connectivity index (χ4n) is 2.34. The number of aromatic nitrogens is 3. The third-order valence-corrected chi connectivity index (χ3v) is 3.67. The number of aryl methyl sites for hydroxylation is 3. The molecule has 0 amide bonds. The number of methoxy groups -OCH3 is 1. The quantitative estimate of drug-likeness (QED) is 0.718. The third kappa shape index (κ3) is 2.33.